The summed E-state index contributed by atoms with van der Waals surface area (Å²) in [6, 6.07) is 13.8. The highest BCUT2D eigenvalue weighted by molar-refractivity contribution is 7.92. The molecule has 1 atom stereocenters. The van der Waals surface area contributed by atoms with Crippen LogP contribution in [-0.2, 0) is 33.3 Å². The van der Waals surface area contributed by atoms with Gasteiger partial charge in [-0.1, -0.05) is 58.0 Å². The predicted molar refractivity (Wildman–Crippen MR) is 144 cm³/mol. The number of sulfonamides is 1. The summed E-state index contributed by atoms with van der Waals surface area (Å²) in [5, 5.41) is 2.92. The second-order valence-corrected chi connectivity index (χ2v) is 13.2. The molecule has 0 aliphatic carbocycles. The van der Waals surface area contributed by atoms with Crippen molar-refractivity contribution >= 4 is 21.6 Å². The molecule has 1 unspecified atom stereocenters. The molecule has 2 heterocycles. The van der Waals surface area contributed by atoms with Crippen LogP contribution in [0.25, 0.3) is 0 Å². The number of rotatable bonds is 6. The van der Waals surface area contributed by atoms with Crippen LogP contribution in [0.15, 0.2) is 42.5 Å². The van der Waals surface area contributed by atoms with Crippen LogP contribution in [0, 0.1) is 5.92 Å². The number of amides is 1. The number of ether oxygens (including phenoxy) is 1. The molecule has 7 nitrogen and oxygen atoms in total. The van der Waals surface area contributed by atoms with Crippen molar-refractivity contribution in [1.29, 1.82) is 0 Å². The van der Waals surface area contributed by atoms with Gasteiger partial charge in [0, 0.05) is 13.1 Å². The fraction of sp³-hybridized carbons (Fsp3) is 0.536. The molecule has 1 amide bonds. The first-order chi connectivity index (χ1) is 16.9. The summed E-state index contributed by atoms with van der Waals surface area (Å²) in [6.07, 6.45) is 2.75. The van der Waals surface area contributed by atoms with Crippen LogP contribution >= 0.6 is 0 Å². The monoisotopic (exact) mass is 513 g/mol. The molecule has 2 aromatic rings. The standard InChI is InChI=1S/C28H39N3O4S/c1-20-12-14-30(15-13-20)18-22-8-6-21(7-9-22)17-29-27(32)26-19-31(36(5,33)34)24-16-23(28(2,3)4)10-11-25(24)35-26/h6-11,16,20,26H,12-15,17-19H2,1-5H3,(H,29,32). The molecule has 0 aromatic heterocycles. The number of carbonyl (C=O) groups is 1. The van der Waals surface area contributed by atoms with Crippen molar-refractivity contribution in [2.24, 2.45) is 5.92 Å². The molecular formula is C28H39N3O4S. The van der Waals surface area contributed by atoms with Crippen LogP contribution in [0.2, 0.25) is 0 Å². The number of likely N-dealkylation sites (tertiary alicyclic amines) is 1. The molecule has 2 aromatic carbocycles. The summed E-state index contributed by atoms with van der Waals surface area (Å²) in [6.45, 7) is 12.1. The maximum Gasteiger partial charge on any atom is 0.263 e. The van der Waals surface area contributed by atoms with E-state index in [0.29, 0.717) is 18.0 Å². The molecule has 36 heavy (non-hydrogen) atoms. The first kappa shape index (κ1) is 26.5. The van der Waals surface area contributed by atoms with E-state index in [1.165, 1.54) is 22.7 Å². The van der Waals surface area contributed by atoms with E-state index in [4.69, 9.17) is 4.74 Å². The van der Waals surface area contributed by atoms with Gasteiger partial charge in [0.2, 0.25) is 10.0 Å². The second-order valence-electron chi connectivity index (χ2n) is 11.3. The molecule has 8 heteroatoms. The Balaban J connectivity index is 1.39. The van der Waals surface area contributed by atoms with Crippen LogP contribution < -0.4 is 14.4 Å². The van der Waals surface area contributed by atoms with Gasteiger partial charge in [-0.3, -0.25) is 14.0 Å². The Morgan fingerprint density at radius 2 is 1.69 bits per heavy atom. The maximum absolute atomic E-state index is 13.0. The molecule has 196 valence electrons. The zero-order valence-electron chi connectivity index (χ0n) is 22.1. The fourth-order valence-corrected chi connectivity index (χ4v) is 5.62. The van der Waals surface area contributed by atoms with Crippen LogP contribution in [0.5, 0.6) is 5.75 Å². The van der Waals surface area contributed by atoms with Crippen molar-refractivity contribution in [2.75, 3.05) is 30.2 Å². The summed E-state index contributed by atoms with van der Waals surface area (Å²) >= 11 is 0. The number of piperidine rings is 1. The van der Waals surface area contributed by atoms with E-state index in [2.05, 4.69) is 50.0 Å². The molecular weight excluding hydrogens is 474 g/mol. The Labute approximate surface area is 215 Å². The number of hydrogen-bond acceptors (Lipinski definition) is 5. The minimum Gasteiger partial charge on any atom is -0.476 e. The zero-order valence-corrected chi connectivity index (χ0v) is 22.9. The SMILES string of the molecule is CC1CCN(Cc2ccc(CNC(=O)C3CN(S(C)(=O)=O)c4cc(C(C)(C)C)ccc4O3)cc2)CC1. The lowest BCUT2D eigenvalue weighted by Crippen LogP contribution is -2.50. The highest BCUT2D eigenvalue weighted by Crippen LogP contribution is 2.38. The van der Waals surface area contributed by atoms with Gasteiger partial charge in [0.15, 0.2) is 6.10 Å². The topological polar surface area (TPSA) is 79.0 Å². The predicted octanol–water partition coefficient (Wildman–Crippen LogP) is 4.06. The third kappa shape index (κ3) is 6.40. The van der Waals surface area contributed by atoms with E-state index < -0.39 is 16.1 Å². The molecule has 0 bridgehead atoms. The summed E-state index contributed by atoms with van der Waals surface area (Å²) in [7, 11) is -3.59. The van der Waals surface area contributed by atoms with Gasteiger partial charge in [-0.2, -0.15) is 0 Å². The third-order valence-corrected chi connectivity index (χ3v) is 8.31. The number of carbonyl (C=O) groups excluding carboxylic acids is 1. The minimum absolute atomic E-state index is 0.0569. The van der Waals surface area contributed by atoms with Gasteiger partial charge in [-0.15, -0.1) is 0 Å². The average molecular weight is 514 g/mol. The van der Waals surface area contributed by atoms with Gasteiger partial charge in [0.25, 0.3) is 5.91 Å². The minimum atomic E-state index is -3.59. The number of nitrogens with one attached hydrogen (secondary N) is 1. The number of hydrogen-bond donors (Lipinski definition) is 1. The van der Waals surface area contributed by atoms with Crippen LogP contribution in [0.1, 0.15) is 57.2 Å². The molecule has 2 aliphatic rings. The summed E-state index contributed by atoms with van der Waals surface area (Å²) in [4.78, 5) is 15.5. The number of fused-ring (bicyclic) bond motifs is 1. The van der Waals surface area contributed by atoms with Gasteiger partial charge in [-0.25, -0.2) is 8.42 Å². The quantitative estimate of drug-likeness (QED) is 0.630. The van der Waals surface area contributed by atoms with E-state index in [1.807, 2.05) is 24.3 Å². The van der Waals surface area contributed by atoms with Crippen molar-refractivity contribution in [1.82, 2.24) is 10.2 Å². The lowest BCUT2D eigenvalue weighted by molar-refractivity contribution is -0.127. The molecule has 0 saturated carbocycles. The number of anilines is 1. The average Bonchev–Trinajstić information content (AvgIpc) is 2.82. The van der Waals surface area contributed by atoms with E-state index >= 15 is 0 Å². The Hall–Kier alpha value is -2.58. The van der Waals surface area contributed by atoms with Gasteiger partial charge >= 0.3 is 0 Å². The van der Waals surface area contributed by atoms with Gasteiger partial charge in [-0.05, 0) is 66.1 Å². The molecule has 1 fully saturated rings. The number of nitrogens with zero attached hydrogens (tertiary/aromatic N) is 2. The molecule has 2 aliphatic heterocycles. The molecule has 0 spiro atoms. The first-order valence-electron chi connectivity index (χ1n) is 12.8. The lowest BCUT2D eigenvalue weighted by atomic mass is 9.86. The Morgan fingerprint density at radius 3 is 2.31 bits per heavy atom. The fourth-order valence-electron chi connectivity index (χ4n) is 4.71. The van der Waals surface area contributed by atoms with E-state index in [-0.39, 0.29) is 17.9 Å². The van der Waals surface area contributed by atoms with Crippen LogP contribution in [-0.4, -0.2) is 51.2 Å². The number of benzene rings is 2. The zero-order chi connectivity index (χ0) is 26.1. The van der Waals surface area contributed by atoms with Crippen molar-refractivity contribution in [3.8, 4) is 5.75 Å². The Kier molecular flexibility index (Phi) is 7.67. The lowest BCUT2D eigenvalue weighted by Gasteiger charge is -2.35. The molecule has 1 N–H and O–H groups in total. The van der Waals surface area contributed by atoms with Gasteiger partial charge < -0.3 is 10.1 Å². The van der Waals surface area contributed by atoms with E-state index in [0.717, 1.165) is 42.9 Å². The summed E-state index contributed by atoms with van der Waals surface area (Å²) in [5.41, 5.74) is 3.59. The van der Waals surface area contributed by atoms with Gasteiger partial charge in [0.1, 0.15) is 5.75 Å². The smallest absolute Gasteiger partial charge is 0.263 e. The third-order valence-electron chi connectivity index (χ3n) is 7.16. The Bertz CT molecular complexity index is 1180. The largest absolute Gasteiger partial charge is 0.476 e. The van der Waals surface area contributed by atoms with Crippen LogP contribution in [0.4, 0.5) is 5.69 Å². The second kappa shape index (κ2) is 10.4. The first-order valence-corrected chi connectivity index (χ1v) is 14.6. The van der Waals surface area contributed by atoms with E-state index in [9.17, 15) is 13.2 Å². The van der Waals surface area contributed by atoms with Crippen molar-refractivity contribution in [3.63, 3.8) is 0 Å². The summed E-state index contributed by atoms with van der Waals surface area (Å²) < 4.78 is 32.4. The van der Waals surface area contributed by atoms with Crippen LogP contribution in [0.3, 0.4) is 0 Å². The normalized spacial score (nSPS) is 19.5. The van der Waals surface area contributed by atoms with Crippen molar-refractivity contribution < 1.29 is 17.9 Å². The van der Waals surface area contributed by atoms with Gasteiger partial charge in [0.05, 0.1) is 18.5 Å². The molecule has 0 radical (unpaired) electrons. The Morgan fingerprint density at radius 1 is 1.06 bits per heavy atom. The highest BCUT2D eigenvalue weighted by atomic mass is 32.2. The highest BCUT2D eigenvalue weighted by Gasteiger charge is 2.35. The maximum atomic E-state index is 13.0. The van der Waals surface area contributed by atoms with E-state index in [1.54, 1.807) is 6.07 Å². The van der Waals surface area contributed by atoms with Crippen molar-refractivity contribution in [3.05, 3.63) is 59.2 Å². The summed E-state index contributed by atoms with van der Waals surface area (Å²) in [5.74, 6) is 0.885. The van der Waals surface area contributed by atoms with Crippen molar-refractivity contribution in [2.45, 2.75) is 65.1 Å². The molecule has 4 rings (SSSR count). The molecule has 1 saturated heterocycles.